The minimum absolute atomic E-state index is 0.0855. The Kier molecular flexibility index (Phi) is 5.76. The van der Waals surface area contributed by atoms with Gasteiger partial charge in [0.1, 0.15) is 0 Å². The smallest absolute Gasteiger partial charge is 0.238 e. The van der Waals surface area contributed by atoms with E-state index in [0.717, 1.165) is 43.7 Å². The van der Waals surface area contributed by atoms with Crippen LogP contribution in [0, 0.1) is 13.8 Å². The average molecular weight is 289 g/mol. The summed E-state index contributed by atoms with van der Waals surface area (Å²) in [5, 5.41) is 6.42. The Hall–Kier alpha value is -1.39. The van der Waals surface area contributed by atoms with Gasteiger partial charge in [-0.1, -0.05) is 24.6 Å². The van der Waals surface area contributed by atoms with Crippen molar-refractivity contribution in [2.45, 2.75) is 39.7 Å². The molecule has 0 unspecified atom stereocenters. The van der Waals surface area contributed by atoms with Crippen molar-refractivity contribution in [1.82, 2.24) is 10.2 Å². The molecule has 0 aromatic heterocycles. The summed E-state index contributed by atoms with van der Waals surface area (Å²) < 4.78 is 0. The molecule has 116 valence electrons. The summed E-state index contributed by atoms with van der Waals surface area (Å²) in [7, 11) is 0. The van der Waals surface area contributed by atoms with Crippen LogP contribution in [0.5, 0.6) is 0 Å². The number of carbonyl (C=O) groups is 1. The van der Waals surface area contributed by atoms with Crippen molar-refractivity contribution in [1.29, 1.82) is 0 Å². The maximum atomic E-state index is 12.3. The molecule has 1 aromatic carbocycles. The standard InChI is InChI=1S/C17H27N3O/c1-4-20(15-7-9-18-10-8-15)12-17(21)19-16-6-5-13(2)11-14(16)3/h5-6,11,15,18H,4,7-10,12H2,1-3H3,(H,19,21). The van der Waals surface area contributed by atoms with E-state index in [1.807, 2.05) is 19.1 Å². The molecule has 1 aliphatic rings. The number of anilines is 1. The van der Waals surface area contributed by atoms with Crippen LogP contribution in [0.2, 0.25) is 0 Å². The van der Waals surface area contributed by atoms with Crippen LogP contribution in [-0.2, 0) is 4.79 Å². The van der Waals surface area contributed by atoms with Crippen LogP contribution in [0.25, 0.3) is 0 Å². The highest BCUT2D eigenvalue weighted by molar-refractivity contribution is 5.93. The van der Waals surface area contributed by atoms with Gasteiger partial charge in [-0.25, -0.2) is 0 Å². The van der Waals surface area contributed by atoms with Crippen molar-refractivity contribution in [3.8, 4) is 0 Å². The molecule has 21 heavy (non-hydrogen) atoms. The lowest BCUT2D eigenvalue weighted by Crippen LogP contribution is -2.46. The van der Waals surface area contributed by atoms with E-state index >= 15 is 0 Å². The first-order chi connectivity index (χ1) is 10.1. The van der Waals surface area contributed by atoms with E-state index < -0.39 is 0 Å². The zero-order valence-electron chi connectivity index (χ0n) is 13.4. The quantitative estimate of drug-likeness (QED) is 0.874. The van der Waals surface area contributed by atoms with Gasteiger partial charge in [-0.2, -0.15) is 0 Å². The Morgan fingerprint density at radius 1 is 1.33 bits per heavy atom. The van der Waals surface area contributed by atoms with Crippen LogP contribution in [-0.4, -0.2) is 43.0 Å². The number of carbonyl (C=O) groups excluding carboxylic acids is 1. The molecule has 4 nitrogen and oxygen atoms in total. The van der Waals surface area contributed by atoms with Gasteiger partial charge in [-0.05, 0) is 58.0 Å². The summed E-state index contributed by atoms with van der Waals surface area (Å²) in [6, 6.07) is 6.65. The summed E-state index contributed by atoms with van der Waals surface area (Å²) in [6.07, 6.45) is 2.26. The third-order valence-corrected chi connectivity index (χ3v) is 4.23. The molecule has 2 N–H and O–H groups in total. The topological polar surface area (TPSA) is 44.4 Å². The second-order valence-electron chi connectivity index (χ2n) is 5.91. The number of rotatable bonds is 5. The second kappa shape index (κ2) is 7.57. The van der Waals surface area contributed by atoms with Crippen molar-refractivity contribution in [2.75, 3.05) is 31.5 Å². The molecule has 2 rings (SSSR count). The molecule has 1 fully saturated rings. The molecule has 1 aromatic rings. The third kappa shape index (κ3) is 4.55. The number of aryl methyl sites for hydroxylation is 2. The van der Waals surface area contributed by atoms with E-state index in [-0.39, 0.29) is 5.91 Å². The highest BCUT2D eigenvalue weighted by Crippen LogP contribution is 2.17. The number of nitrogens with zero attached hydrogens (tertiary/aromatic N) is 1. The summed E-state index contributed by atoms with van der Waals surface area (Å²) >= 11 is 0. The summed E-state index contributed by atoms with van der Waals surface area (Å²) in [5.74, 6) is 0.0855. The molecule has 0 saturated carbocycles. The zero-order valence-corrected chi connectivity index (χ0v) is 13.4. The van der Waals surface area contributed by atoms with E-state index in [9.17, 15) is 4.79 Å². The van der Waals surface area contributed by atoms with Crippen LogP contribution in [0.1, 0.15) is 30.9 Å². The fraction of sp³-hybridized carbons (Fsp3) is 0.588. The Balaban J connectivity index is 1.92. The number of nitrogens with one attached hydrogen (secondary N) is 2. The molecule has 1 heterocycles. The van der Waals surface area contributed by atoms with Crippen molar-refractivity contribution in [3.05, 3.63) is 29.3 Å². The molecule has 4 heteroatoms. The molecule has 1 saturated heterocycles. The fourth-order valence-corrected chi connectivity index (χ4v) is 3.00. The van der Waals surface area contributed by atoms with Crippen molar-refractivity contribution in [2.24, 2.45) is 0 Å². The first-order valence-electron chi connectivity index (χ1n) is 7.92. The van der Waals surface area contributed by atoms with Gasteiger partial charge in [-0.3, -0.25) is 9.69 Å². The van der Waals surface area contributed by atoms with Gasteiger partial charge in [0.25, 0.3) is 0 Å². The summed E-state index contributed by atoms with van der Waals surface area (Å²) in [4.78, 5) is 14.6. The SMILES string of the molecule is CCN(CC(=O)Nc1ccc(C)cc1C)C1CCNCC1. The molecule has 0 atom stereocenters. The number of amides is 1. The van der Waals surface area contributed by atoms with Gasteiger partial charge in [0.05, 0.1) is 6.54 Å². The minimum atomic E-state index is 0.0855. The van der Waals surface area contributed by atoms with Crippen molar-refractivity contribution in [3.63, 3.8) is 0 Å². The van der Waals surface area contributed by atoms with Crippen molar-refractivity contribution < 1.29 is 4.79 Å². The number of likely N-dealkylation sites (N-methyl/N-ethyl adjacent to an activating group) is 1. The Labute approximate surface area is 127 Å². The van der Waals surface area contributed by atoms with E-state index in [2.05, 4.69) is 35.4 Å². The maximum Gasteiger partial charge on any atom is 0.238 e. The molecule has 0 spiro atoms. The highest BCUT2D eigenvalue weighted by atomic mass is 16.2. The van der Waals surface area contributed by atoms with Gasteiger partial charge in [0.2, 0.25) is 5.91 Å². The molecule has 0 bridgehead atoms. The van der Waals surface area contributed by atoms with Crippen LogP contribution in [0.4, 0.5) is 5.69 Å². The van der Waals surface area contributed by atoms with Gasteiger partial charge < -0.3 is 10.6 Å². The zero-order chi connectivity index (χ0) is 15.2. The van der Waals surface area contributed by atoms with Gasteiger partial charge >= 0.3 is 0 Å². The molecular weight excluding hydrogens is 262 g/mol. The fourth-order valence-electron chi connectivity index (χ4n) is 3.00. The first kappa shape index (κ1) is 16.0. The summed E-state index contributed by atoms with van der Waals surface area (Å²) in [5.41, 5.74) is 3.26. The lowest BCUT2D eigenvalue weighted by Gasteiger charge is -2.33. The predicted octanol–water partition coefficient (Wildman–Crippen LogP) is 2.32. The normalized spacial score (nSPS) is 16.2. The van der Waals surface area contributed by atoms with Crippen LogP contribution in [0.15, 0.2) is 18.2 Å². The van der Waals surface area contributed by atoms with Crippen molar-refractivity contribution >= 4 is 11.6 Å². The second-order valence-corrected chi connectivity index (χ2v) is 5.91. The number of hydrogen-bond acceptors (Lipinski definition) is 3. The molecule has 0 aliphatic carbocycles. The Morgan fingerprint density at radius 3 is 2.67 bits per heavy atom. The molecular formula is C17H27N3O. The number of hydrogen-bond donors (Lipinski definition) is 2. The van der Waals surface area contributed by atoms with E-state index in [1.54, 1.807) is 0 Å². The lowest BCUT2D eigenvalue weighted by molar-refractivity contribution is -0.118. The number of benzene rings is 1. The van der Waals surface area contributed by atoms with Gasteiger partial charge in [0, 0.05) is 11.7 Å². The van der Waals surface area contributed by atoms with Gasteiger partial charge in [-0.15, -0.1) is 0 Å². The maximum absolute atomic E-state index is 12.3. The minimum Gasteiger partial charge on any atom is -0.325 e. The van der Waals surface area contributed by atoms with Crippen LogP contribution in [0.3, 0.4) is 0 Å². The lowest BCUT2D eigenvalue weighted by atomic mass is 10.0. The van der Waals surface area contributed by atoms with E-state index in [4.69, 9.17) is 0 Å². The molecule has 1 amide bonds. The van der Waals surface area contributed by atoms with Crippen LogP contribution < -0.4 is 10.6 Å². The molecule has 0 radical (unpaired) electrons. The average Bonchev–Trinajstić information content (AvgIpc) is 2.48. The Morgan fingerprint density at radius 2 is 2.05 bits per heavy atom. The largest absolute Gasteiger partial charge is 0.325 e. The highest BCUT2D eigenvalue weighted by Gasteiger charge is 2.21. The van der Waals surface area contributed by atoms with E-state index in [1.165, 1.54) is 5.56 Å². The molecule has 1 aliphatic heterocycles. The third-order valence-electron chi connectivity index (χ3n) is 4.23. The Bertz CT molecular complexity index is 481. The van der Waals surface area contributed by atoms with Crippen LogP contribution >= 0.6 is 0 Å². The van der Waals surface area contributed by atoms with E-state index in [0.29, 0.717) is 12.6 Å². The predicted molar refractivity (Wildman–Crippen MR) is 87.7 cm³/mol. The number of piperidine rings is 1. The first-order valence-corrected chi connectivity index (χ1v) is 7.92. The van der Waals surface area contributed by atoms with Gasteiger partial charge in [0.15, 0.2) is 0 Å². The monoisotopic (exact) mass is 289 g/mol. The summed E-state index contributed by atoms with van der Waals surface area (Å²) in [6.45, 7) is 9.74.